The van der Waals surface area contributed by atoms with Gasteiger partial charge < -0.3 is 10.4 Å². The SMILES string of the molecule is O=C(Cc1cccnc1)N[C@H]1C[C@@](c2ccc(C(O)(C(F)(F)F)C(F)(F)F)cc2)(S(=O)(=O)c2ccc(F)cc2)C1. The Kier molecular flexibility index (Phi) is 7.47. The van der Waals surface area contributed by atoms with Crippen LogP contribution < -0.4 is 5.32 Å². The third kappa shape index (κ3) is 5.05. The Bertz CT molecular complexity index is 1450. The number of amides is 1. The van der Waals surface area contributed by atoms with Crippen LogP contribution in [0.4, 0.5) is 30.7 Å². The summed E-state index contributed by atoms with van der Waals surface area (Å²) >= 11 is 0. The highest BCUT2D eigenvalue weighted by Gasteiger charge is 2.71. The molecule has 0 unspecified atom stereocenters. The Balaban J connectivity index is 1.68. The van der Waals surface area contributed by atoms with Crippen molar-refractivity contribution in [3.05, 3.63) is 95.6 Å². The van der Waals surface area contributed by atoms with E-state index in [9.17, 15) is 49.1 Å². The van der Waals surface area contributed by atoms with Crippen LogP contribution in [-0.2, 0) is 31.4 Å². The van der Waals surface area contributed by atoms with E-state index >= 15 is 0 Å². The molecule has 1 aliphatic rings. The van der Waals surface area contributed by atoms with Crippen molar-refractivity contribution in [2.24, 2.45) is 0 Å². The third-order valence-corrected chi connectivity index (χ3v) is 9.38. The molecule has 2 N–H and O–H groups in total. The number of nitrogens with one attached hydrogen (secondary N) is 1. The molecule has 0 radical (unpaired) electrons. The molecule has 0 spiro atoms. The number of hydrogen-bond acceptors (Lipinski definition) is 5. The maximum Gasteiger partial charge on any atom is 0.430 e. The van der Waals surface area contributed by atoms with E-state index in [-0.39, 0.29) is 29.7 Å². The Morgan fingerprint density at radius 2 is 1.52 bits per heavy atom. The van der Waals surface area contributed by atoms with Crippen LogP contribution in [0.5, 0.6) is 0 Å². The van der Waals surface area contributed by atoms with Crippen LogP contribution in [-0.4, -0.2) is 42.8 Å². The first-order valence-corrected chi connectivity index (χ1v) is 13.1. The number of rotatable bonds is 7. The maximum atomic E-state index is 13.7. The van der Waals surface area contributed by atoms with Crippen molar-refractivity contribution in [3.8, 4) is 0 Å². The maximum absolute atomic E-state index is 13.7. The van der Waals surface area contributed by atoms with E-state index in [4.69, 9.17) is 0 Å². The first kappa shape index (κ1) is 29.5. The van der Waals surface area contributed by atoms with Crippen molar-refractivity contribution >= 4 is 15.7 Å². The number of benzene rings is 2. The lowest BCUT2D eigenvalue weighted by molar-refractivity contribution is -0.376. The van der Waals surface area contributed by atoms with Gasteiger partial charge in [0.15, 0.2) is 9.84 Å². The van der Waals surface area contributed by atoms with Crippen LogP contribution in [0.25, 0.3) is 0 Å². The molecule has 1 saturated carbocycles. The van der Waals surface area contributed by atoms with Gasteiger partial charge in [0, 0.05) is 24.0 Å². The van der Waals surface area contributed by atoms with Crippen molar-refractivity contribution in [1.82, 2.24) is 10.3 Å². The van der Waals surface area contributed by atoms with Crippen LogP contribution in [0, 0.1) is 5.82 Å². The summed E-state index contributed by atoms with van der Waals surface area (Å²) in [5.41, 5.74) is -6.32. The zero-order valence-corrected chi connectivity index (χ0v) is 21.1. The van der Waals surface area contributed by atoms with Crippen molar-refractivity contribution in [2.75, 3.05) is 0 Å². The normalized spacial score (nSPS) is 20.1. The van der Waals surface area contributed by atoms with Gasteiger partial charge in [-0.3, -0.25) is 9.78 Å². The van der Waals surface area contributed by atoms with E-state index in [0.717, 1.165) is 36.4 Å². The molecule has 1 amide bonds. The number of pyridine rings is 1. The zero-order valence-electron chi connectivity index (χ0n) is 20.3. The summed E-state index contributed by atoms with van der Waals surface area (Å²) in [5.74, 6) is -1.19. The van der Waals surface area contributed by atoms with E-state index in [1.807, 2.05) is 0 Å². The molecule has 0 bridgehead atoms. The van der Waals surface area contributed by atoms with E-state index in [0.29, 0.717) is 17.7 Å². The molecule has 0 saturated heterocycles. The number of carbonyl (C=O) groups excluding carboxylic acids is 1. The largest absolute Gasteiger partial charge is 0.430 e. The van der Waals surface area contributed by atoms with Crippen molar-refractivity contribution in [1.29, 1.82) is 0 Å². The van der Waals surface area contributed by atoms with E-state index in [2.05, 4.69) is 10.3 Å². The predicted molar refractivity (Wildman–Crippen MR) is 127 cm³/mol. The summed E-state index contributed by atoms with van der Waals surface area (Å²) in [6.45, 7) is 0. The highest BCUT2D eigenvalue weighted by molar-refractivity contribution is 7.92. The molecule has 1 heterocycles. The summed E-state index contributed by atoms with van der Waals surface area (Å²) < 4.78 is 119. The second kappa shape index (κ2) is 10.1. The molecule has 2 aromatic carbocycles. The number of aliphatic hydroxyl groups is 1. The second-order valence-electron chi connectivity index (χ2n) is 9.45. The minimum Gasteiger partial charge on any atom is -0.369 e. The van der Waals surface area contributed by atoms with Crippen LogP contribution in [0.15, 0.2) is 78.0 Å². The minimum absolute atomic E-state index is 0.0653. The van der Waals surface area contributed by atoms with Gasteiger partial charge in [0.05, 0.1) is 11.3 Å². The smallest absolute Gasteiger partial charge is 0.369 e. The molecule has 3 aromatic rings. The molecule has 0 atom stereocenters. The van der Waals surface area contributed by atoms with Crippen molar-refractivity contribution < 1.29 is 49.1 Å². The molecule has 1 fully saturated rings. The molecule has 1 aliphatic carbocycles. The lowest BCUT2D eigenvalue weighted by Gasteiger charge is -2.47. The van der Waals surface area contributed by atoms with Gasteiger partial charge in [0.1, 0.15) is 10.6 Å². The summed E-state index contributed by atoms with van der Waals surface area (Å²) in [6, 6.07) is 8.60. The van der Waals surface area contributed by atoms with Gasteiger partial charge in [-0.15, -0.1) is 0 Å². The average molecular weight is 591 g/mol. The van der Waals surface area contributed by atoms with Gasteiger partial charge in [-0.2, -0.15) is 26.3 Å². The lowest BCUT2D eigenvalue weighted by Crippen LogP contribution is -2.57. The Hall–Kier alpha value is -3.52. The molecule has 4 rings (SSSR count). The number of nitrogens with zero attached hydrogens (tertiary/aromatic N) is 1. The zero-order chi connectivity index (χ0) is 29.6. The van der Waals surface area contributed by atoms with Crippen molar-refractivity contribution in [2.45, 2.75) is 52.9 Å². The number of aromatic nitrogens is 1. The summed E-state index contributed by atoms with van der Waals surface area (Å²) in [4.78, 5) is 16.1. The van der Waals surface area contributed by atoms with Crippen LogP contribution in [0.2, 0.25) is 0 Å². The van der Waals surface area contributed by atoms with Gasteiger partial charge in [-0.1, -0.05) is 30.3 Å². The van der Waals surface area contributed by atoms with E-state index in [1.165, 1.54) is 12.4 Å². The monoisotopic (exact) mass is 590 g/mol. The fraction of sp³-hybridized carbons (Fsp3) is 0.308. The highest BCUT2D eigenvalue weighted by Crippen LogP contribution is 2.53. The minimum atomic E-state index is -6.12. The average Bonchev–Trinajstić information content (AvgIpc) is 2.85. The topological polar surface area (TPSA) is 96.4 Å². The fourth-order valence-electron chi connectivity index (χ4n) is 4.76. The highest BCUT2D eigenvalue weighted by atomic mass is 32.2. The van der Waals surface area contributed by atoms with Gasteiger partial charge in [0.25, 0.3) is 5.60 Å². The molecular formula is C26H21F7N2O4S. The van der Waals surface area contributed by atoms with Gasteiger partial charge >= 0.3 is 12.4 Å². The number of halogens is 7. The molecule has 14 heteroatoms. The summed E-state index contributed by atoms with van der Waals surface area (Å²) in [5, 5.41) is 12.4. The molecule has 40 heavy (non-hydrogen) atoms. The van der Waals surface area contributed by atoms with Crippen LogP contribution in [0.1, 0.15) is 29.5 Å². The van der Waals surface area contributed by atoms with Crippen LogP contribution >= 0.6 is 0 Å². The third-order valence-electron chi connectivity index (χ3n) is 6.89. The molecule has 0 aliphatic heterocycles. The number of carbonyl (C=O) groups is 1. The Morgan fingerprint density at radius 3 is 2.02 bits per heavy atom. The summed E-state index contributed by atoms with van der Waals surface area (Å²) in [6.07, 6.45) is -9.87. The van der Waals surface area contributed by atoms with Gasteiger partial charge in [-0.05, 0) is 54.3 Å². The van der Waals surface area contributed by atoms with Gasteiger partial charge in [0.2, 0.25) is 5.91 Å². The molecule has 214 valence electrons. The predicted octanol–water partition coefficient (Wildman–Crippen LogP) is 4.72. The van der Waals surface area contributed by atoms with E-state index in [1.54, 1.807) is 12.1 Å². The summed E-state index contributed by atoms with van der Waals surface area (Å²) in [7, 11) is -4.40. The number of sulfone groups is 1. The fourth-order valence-corrected chi connectivity index (χ4v) is 6.99. The number of alkyl halides is 6. The first-order valence-electron chi connectivity index (χ1n) is 11.7. The second-order valence-corrected chi connectivity index (χ2v) is 11.7. The quantitative estimate of drug-likeness (QED) is 0.307. The molecule has 1 aromatic heterocycles. The Morgan fingerprint density at radius 1 is 0.950 bits per heavy atom. The van der Waals surface area contributed by atoms with Gasteiger partial charge in [-0.25, -0.2) is 12.8 Å². The molecule has 6 nitrogen and oxygen atoms in total. The molecular weight excluding hydrogens is 569 g/mol. The number of hydrogen-bond donors (Lipinski definition) is 2. The van der Waals surface area contributed by atoms with Crippen LogP contribution in [0.3, 0.4) is 0 Å². The lowest BCUT2D eigenvalue weighted by atomic mass is 9.74. The standard InChI is InChI=1S/C26H21F7N2O4S/c27-19-7-9-21(10-8-19)40(38,39)23(13-20(14-23)35-22(36)12-16-2-1-11-34-15-16)17-3-5-18(6-4-17)24(37,25(28,29)30)26(31,32)33/h1-11,15,20,37H,12-14H2,(H,35,36)/t20-,23+. The first-order chi connectivity index (χ1) is 18.5. The Labute approximate surface area is 223 Å². The van der Waals surface area contributed by atoms with E-state index < -0.39 is 55.9 Å². The van der Waals surface area contributed by atoms with Crippen molar-refractivity contribution in [3.63, 3.8) is 0 Å².